The maximum atomic E-state index is 13.1. The van der Waals surface area contributed by atoms with Gasteiger partial charge in [0.1, 0.15) is 5.75 Å². The molecular weight excluding hydrogens is 573 g/mol. The molecule has 0 aromatic heterocycles. The van der Waals surface area contributed by atoms with Gasteiger partial charge in [0.15, 0.2) is 0 Å². The highest BCUT2D eigenvalue weighted by Gasteiger charge is 2.32. The Labute approximate surface area is 234 Å². The molecule has 4 rings (SSSR count). The zero-order chi connectivity index (χ0) is 27.5. The fourth-order valence-electron chi connectivity index (χ4n) is 4.76. The Bertz CT molecular complexity index is 1390. The van der Waals surface area contributed by atoms with Crippen molar-refractivity contribution in [1.82, 2.24) is 8.61 Å². The number of ether oxygens (including phenoxy) is 1. The van der Waals surface area contributed by atoms with Crippen LogP contribution in [0.4, 0.5) is 5.69 Å². The van der Waals surface area contributed by atoms with Gasteiger partial charge in [-0.15, -0.1) is 0 Å². The summed E-state index contributed by atoms with van der Waals surface area (Å²) in [6.45, 7) is 1.34. The molecule has 1 amide bonds. The summed E-state index contributed by atoms with van der Waals surface area (Å²) in [5.74, 6) is -0.607. The zero-order valence-corrected chi connectivity index (χ0v) is 24.2. The van der Waals surface area contributed by atoms with Gasteiger partial charge in [0.2, 0.25) is 26.0 Å². The summed E-state index contributed by atoms with van der Waals surface area (Å²) in [5, 5.41) is 3.45. The molecule has 0 bridgehead atoms. The quantitative estimate of drug-likeness (QED) is 0.480. The number of halogens is 2. The van der Waals surface area contributed by atoms with Gasteiger partial charge in [0.05, 0.1) is 33.5 Å². The van der Waals surface area contributed by atoms with E-state index < -0.39 is 26.0 Å². The molecule has 2 fully saturated rings. The van der Waals surface area contributed by atoms with Crippen molar-refractivity contribution in [3.05, 3.63) is 52.0 Å². The van der Waals surface area contributed by atoms with E-state index in [9.17, 15) is 21.6 Å². The third-order valence-corrected chi connectivity index (χ3v) is 11.4. The van der Waals surface area contributed by atoms with E-state index in [1.54, 1.807) is 12.1 Å². The lowest BCUT2D eigenvalue weighted by Gasteiger charge is -2.30. The van der Waals surface area contributed by atoms with Crippen LogP contribution in [-0.4, -0.2) is 64.6 Å². The predicted octanol–water partition coefficient (Wildman–Crippen LogP) is 4.36. The van der Waals surface area contributed by atoms with Crippen LogP contribution in [0.1, 0.15) is 37.7 Å². The molecule has 0 spiro atoms. The van der Waals surface area contributed by atoms with Crippen LogP contribution in [0, 0.1) is 5.92 Å². The normalized spacial score (nSPS) is 18.3. The molecule has 38 heavy (non-hydrogen) atoms. The van der Waals surface area contributed by atoms with Crippen LogP contribution in [0.3, 0.4) is 0 Å². The first-order chi connectivity index (χ1) is 18.0. The molecule has 2 saturated heterocycles. The second-order valence-electron chi connectivity index (χ2n) is 9.49. The number of carbonyl (C=O) groups is 1. The zero-order valence-electron chi connectivity index (χ0n) is 21.0. The second-order valence-corrected chi connectivity index (χ2v) is 14.2. The molecule has 0 aliphatic carbocycles. The molecule has 208 valence electrons. The molecule has 0 radical (unpaired) electrons. The van der Waals surface area contributed by atoms with Crippen LogP contribution in [0.5, 0.6) is 5.75 Å². The minimum absolute atomic E-state index is 0.0960. The van der Waals surface area contributed by atoms with Crippen molar-refractivity contribution < 1.29 is 26.4 Å². The fraction of sp³-hybridized carbons (Fsp3) is 0.480. The van der Waals surface area contributed by atoms with Crippen LogP contribution < -0.4 is 10.1 Å². The first-order valence-electron chi connectivity index (χ1n) is 12.4. The van der Waals surface area contributed by atoms with Crippen LogP contribution in [0.15, 0.2) is 41.3 Å². The Kier molecular flexibility index (Phi) is 9.26. The number of methoxy groups -OCH3 is 1. The molecule has 2 aliphatic heterocycles. The second kappa shape index (κ2) is 12.1. The number of amides is 1. The van der Waals surface area contributed by atoms with Crippen molar-refractivity contribution in [3.63, 3.8) is 0 Å². The lowest BCUT2D eigenvalue weighted by Crippen LogP contribution is -2.42. The highest BCUT2D eigenvalue weighted by atomic mass is 35.5. The van der Waals surface area contributed by atoms with Gasteiger partial charge in [0.25, 0.3) is 0 Å². The largest absolute Gasteiger partial charge is 0.495 e. The van der Waals surface area contributed by atoms with Crippen molar-refractivity contribution in [2.75, 3.05) is 38.6 Å². The Morgan fingerprint density at radius 3 is 2.24 bits per heavy atom. The minimum Gasteiger partial charge on any atom is -0.495 e. The SMILES string of the molecule is COc1ccc(S(=O)(=O)N2CCCCC2)cc1NC(=O)C1CCN(S(=O)(=O)Cc2ccc(Cl)c(Cl)c2)CC1. The van der Waals surface area contributed by atoms with Crippen LogP contribution in [0.2, 0.25) is 10.0 Å². The maximum Gasteiger partial charge on any atom is 0.243 e. The number of piperidine rings is 2. The third-order valence-electron chi connectivity index (χ3n) is 6.93. The van der Waals surface area contributed by atoms with E-state index in [0.29, 0.717) is 42.3 Å². The molecule has 0 atom stereocenters. The molecule has 0 unspecified atom stereocenters. The number of carbonyl (C=O) groups excluding carboxylic acids is 1. The molecule has 0 saturated carbocycles. The van der Waals surface area contributed by atoms with Gasteiger partial charge in [0, 0.05) is 32.1 Å². The number of rotatable bonds is 8. The summed E-state index contributed by atoms with van der Waals surface area (Å²) < 4.78 is 60.3. The van der Waals surface area contributed by atoms with E-state index >= 15 is 0 Å². The predicted molar refractivity (Wildman–Crippen MR) is 148 cm³/mol. The van der Waals surface area contributed by atoms with Gasteiger partial charge >= 0.3 is 0 Å². The Morgan fingerprint density at radius 1 is 0.921 bits per heavy atom. The average molecular weight is 605 g/mol. The monoisotopic (exact) mass is 603 g/mol. The molecule has 2 aliphatic rings. The average Bonchev–Trinajstić information content (AvgIpc) is 2.91. The van der Waals surface area contributed by atoms with Crippen molar-refractivity contribution in [2.24, 2.45) is 5.92 Å². The first kappa shape index (κ1) is 29.1. The number of sulfonamides is 2. The van der Waals surface area contributed by atoms with E-state index in [-0.39, 0.29) is 40.4 Å². The van der Waals surface area contributed by atoms with E-state index in [2.05, 4.69) is 5.32 Å². The lowest BCUT2D eigenvalue weighted by atomic mass is 9.97. The number of benzene rings is 2. The van der Waals surface area contributed by atoms with Crippen molar-refractivity contribution in [2.45, 2.75) is 42.8 Å². The molecule has 2 heterocycles. The van der Waals surface area contributed by atoms with E-state index in [1.807, 2.05) is 0 Å². The van der Waals surface area contributed by atoms with Gasteiger partial charge in [-0.05, 0) is 61.6 Å². The highest BCUT2D eigenvalue weighted by molar-refractivity contribution is 7.89. The van der Waals surface area contributed by atoms with Crippen molar-refractivity contribution in [3.8, 4) is 5.75 Å². The highest BCUT2D eigenvalue weighted by Crippen LogP contribution is 2.32. The number of hydrogen-bond donors (Lipinski definition) is 1. The molecule has 13 heteroatoms. The third kappa shape index (κ3) is 6.63. The summed E-state index contributed by atoms with van der Waals surface area (Å²) >= 11 is 11.9. The summed E-state index contributed by atoms with van der Waals surface area (Å²) in [6, 6.07) is 9.16. The lowest BCUT2D eigenvalue weighted by molar-refractivity contribution is -0.120. The van der Waals surface area contributed by atoms with Gasteiger partial charge in [-0.2, -0.15) is 4.31 Å². The maximum absolute atomic E-state index is 13.1. The van der Waals surface area contributed by atoms with Crippen LogP contribution >= 0.6 is 23.2 Å². The Morgan fingerprint density at radius 2 is 1.61 bits per heavy atom. The Balaban J connectivity index is 1.41. The van der Waals surface area contributed by atoms with Gasteiger partial charge in [-0.1, -0.05) is 35.7 Å². The Hall–Kier alpha value is -1.89. The molecule has 2 aromatic rings. The van der Waals surface area contributed by atoms with Crippen molar-refractivity contribution >= 4 is 54.8 Å². The van der Waals surface area contributed by atoms with Crippen LogP contribution in [-0.2, 0) is 30.6 Å². The van der Waals surface area contributed by atoms with Crippen LogP contribution in [0.25, 0.3) is 0 Å². The molecule has 1 N–H and O–H groups in total. The van der Waals surface area contributed by atoms with E-state index in [0.717, 1.165) is 19.3 Å². The topological polar surface area (TPSA) is 113 Å². The number of anilines is 1. The van der Waals surface area contributed by atoms with Crippen molar-refractivity contribution in [1.29, 1.82) is 0 Å². The number of nitrogens with zero attached hydrogens (tertiary/aromatic N) is 2. The van der Waals surface area contributed by atoms with Gasteiger partial charge < -0.3 is 10.1 Å². The summed E-state index contributed by atoms with van der Waals surface area (Å²) in [7, 11) is -5.85. The minimum atomic E-state index is -3.69. The standard InChI is InChI=1S/C25H31Cl2N3O6S2/c1-36-24-8-6-20(38(34,35)30-11-3-2-4-12-30)16-23(24)28-25(31)19-9-13-29(14-10-19)37(32,33)17-18-5-7-21(26)22(27)15-18/h5-8,15-16,19H,2-4,9-14,17H2,1H3,(H,28,31). The fourth-order valence-corrected chi connectivity index (χ4v) is 8.18. The summed E-state index contributed by atoms with van der Waals surface area (Å²) in [6.07, 6.45) is 3.31. The molecule has 2 aromatic carbocycles. The molecular formula is C25H31Cl2N3O6S2. The first-order valence-corrected chi connectivity index (χ1v) is 16.2. The number of nitrogens with one attached hydrogen (secondary N) is 1. The van der Waals surface area contributed by atoms with E-state index in [1.165, 1.54) is 40.0 Å². The van der Waals surface area contributed by atoms with Gasteiger partial charge in [-0.25, -0.2) is 21.1 Å². The summed E-state index contributed by atoms with van der Waals surface area (Å²) in [4.78, 5) is 13.2. The summed E-state index contributed by atoms with van der Waals surface area (Å²) in [5.41, 5.74) is 0.802. The smallest absolute Gasteiger partial charge is 0.243 e. The van der Waals surface area contributed by atoms with E-state index in [4.69, 9.17) is 27.9 Å². The molecule has 9 nitrogen and oxygen atoms in total. The number of hydrogen-bond acceptors (Lipinski definition) is 6. The van der Waals surface area contributed by atoms with Gasteiger partial charge in [-0.3, -0.25) is 4.79 Å².